The van der Waals surface area contributed by atoms with E-state index >= 15 is 0 Å². The Hall–Kier alpha value is -0.210. The van der Waals surface area contributed by atoms with E-state index in [0.29, 0.717) is 13.2 Å². The first-order chi connectivity index (χ1) is 10.4. The van der Waals surface area contributed by atoms with Gasteiger partial charge >= 0.3 is 0 Å². The molecule has 0 radical (unpaired) electrons. The lowest BCUT2D eigenvalue weighted by atomic mass is 10.1. The van der Waals surface area contributed by atoms with Crippen molar-refractivity contribution in [1.82, 2.24) is 0 Å². The standard InChI is InChI=1S/C17H23IO4/c1-17(2,3)22-16-13(18)15-14(21-16)12(10-20-15)19-9-11-7-5-4-6-8-11/h4-8,12-16H,9-10H2,1-3H3/t12-,13-,14-,15-,16+/m1/s1. The van der Waals surface area contributed by atoms with Crippen LogP contribution in [-0.4, -0.2) is 40.7 Å². The van der Waals surface area contributed by atoms with Crippen molar-refractivity contribution in [2.75, 3.05) is 6.61 Å². The predicted octanol–water partition coefficient (Wildman–Crippen LogP) is 3.31. The van der Waals surface area contributed by atoms with E-state index in [0.717, 1.165) is 5.56 Å². The lowest BCUT2D eigenvalue weighted by Crippen LogP contribution is -2.34. The molecule has 0 aromatic heterocycles. The molecule has 22 heavy (non-hydrogen) atoms. The maximum absolute atomic E-state index is 6.09. The van der Waals surface area contributed by atoms with Crippen LogP contribution in [0.3, 0.4) is 0 Å². The van der Waals surface area contributed by atoms with Gasteiger partial charge in [-0.15, -0.1) is 0 Å². The lowest BCUT2D eigenvalue weighted by molar-refractivity contribution is -0.198. The Morgan fingerprint density at radius 1 is 1.18 bits per heavy atom. The first-order valence-corrected chi connectivity index (χ1v) is 8.93. The molecule has 5 atom stereocenters. The number of hydrogen-bond acceptors (Lipinski definition) is 4. The quantitative estimate of drug-likeness (QED) is 0.556. The van der Waals surface area contributed by atoms with Gasteiger partial charge in [-0.05, 0) is 26.3 Å². The van der Waals surface area contributed by atoms with E-state index in [9.17, 15) is 0 Å². The van der Waals surface area contributed by atoms with Crippen molar-refractivity contribution in [3.63, 3.8) is 0 Å². The molecule has 3 rings (SSSR count). The van der Waals surface area contributed by atoms with Gasteiger partial charge in [0.1, 0.15) is 18.3 Å². The number of hydrogen-bond donors (Lipinski definition) is 0. The van der Waals surface area contributed by atoms with E-state index in [1.165, 1.54) is 0 Å². The summed E-state index contributed by atoms with van der Waals surface area (Å²) in [5.41, 5.74) is 0.935. The summed E-state index contributed by atoms with van der Waals surface area (Å²) < 4.78 is 24.2. The SMILES string of the molecule is CC(C)(C)O[C@@H]1O[C@H]2[C@H](OC[C@H]2OCc2ccccc2)[C@H]1I. The molecule has 2 heterocycles. The molecule has 1 aromatic carbocycles. The number of ether oxygens (including phenoxy) is 4. The van der Waals surface area contributed by atoms with Crippen LogP contribution < -0.4 is 0 Å². The topological polar surface area (TPSA) is 36.9 Å². The van der Waals surface area contributed by atoms with E-state index in [4.69, 9.17) is 18.9 Å². The van der Waals surface area contributed by atoms with Crippen molar-refractivity contribution in [2.24, 2.45) is 0 Å². The van der Waals surface area contributed by atoms with Gasteiger partial charge in [-0.1, -0.05) is 52.9 Å². The largest absolute Gasteiger partial charge is 0.371 e. The van der Waals surface area contributed by atoms with Gasteiger partial charge < -0.3 is 18.9 Å². The minimum absolute atomic E-state index is 0.0314. The van der Waals surface area contributed by atoms with Gasteiger partial charge in [0.25, 0.3) is 0 Å². The summed E-state index contributed by atoms with van der Waals surface area (Å²) in [6, 6.07) is 10.2. The summed E-state index contributed by atoms with van der Waals surface area (Å²) in [4.78, 5) is 0. The van der Waals surface area contributed by atoms with E-state index in [-0.39, 0.29) is 34.1 Å². The summed E-state index contributed by atoms with van der Waals surface area (Å²) in [6.07, 6.45) is -0.263. The highest BCUT2D eigenvalue weighted by Crippen LogP contribution is 2.38. The lowest BCUT2D eigenvalue weighted by Gasteiger charge is -2.27. The maximum atomic E-state index is 6.09. The number of benzene rings is 1. The molecule has 2 saturated heterocycles. The van der Waals surface area contributed by atoms with Crippen LogP contribution in [0.15, 0.2) is 30.3 Å². The number of alkyl halides is 1. The molecule has 0 N–H and O–H groups in total. The Morgan fingerprint density at radius 2 is 1.91 bits per heavy atom. The molecule has 0 amide bonds. The molecule has 2 fully saturated rings. The Bertz CT molecular complexity index is 487. The number of halogens is 1. The molecule has 5 heteroatoms. The molecule has 0 saturated carbocycles. The van der Waals surface area contributed by atoms with Gasteiger partial charge in [0.05, 0.1) is 22.7 Å². The first-order valence-electron chi connectivity index (χ1n) is 7.68. The zero-order chi connectivity index (χ0) is 15.7. The zero-order valence-corrected chi connectivity index (χ0v) is 15.4. The molecule has 4 nitrogen and oxygen atoms in total. The van der Waals surface area contributed by atoms with Gasteiger partial charge in [-0.2, -0.15) is 0 Å². The molecule has 1 aromatic rings. The summed E-state index contributed by atoms with van der Waals surface area (Å²) in [6.45, 7) is 7.29. The minimum atomic E-state index is -0.237. The van der Waals surface area contributed by atoms with E-state index < -0.39 is 0 Å². The van der Waals surface area contributed by atoms with Crippen molar-refractivity contribution in [3.05, 3.63) is 35.9 Å². The molecule has 0 aliphatic carbocycles. The molecule has 0 spiro atoms. The molecule has 0 bridgehead atoms. The average molecular weight is 418 g/mol. The van der Waals surface area contributed by atoms with Crippen molar-refractivity contribution in [2.45, 2.75) is 61.5 Å². The molecule has 2 aliphatic rings. The summed E-state index contributed by atoms with van der Waals surface area (Å²) in [5.74, 6) is 0. The van der Waals surface area contributed by atoms with Gasteiger partial charge in [-0.3, -0.25) is 0 Å². The van der Waals surface area contributed by atoms with Crippen LogP contribution in [0.4, 0.5) is 0 Å². The number of fused-ring (bicyclic) bond motifs is 1. The fourth-order valence-corrected chi connectivity index (χ4v) is 3.73. The molecule has 0 unspecified atom stereocenters. The molecule has 2 aliphatic heterocycles. The zero-order valence-electron chi connectivity index (χ0n) is 13.2. The second-order valence-corrected chi connectivity index (χ2v) is 8.22. The average Bonchev–Trinajstić information content (AvgIpc) is 2.98. The fourth-order valence-electron chi connectivity index (χ4n) is 2.79. The minimum Gasteiger partial charge on any atom is -0.371 e. The first kappa shape index (κ1) is 16.6. The Balaban J connectivity index is 1.58. The third kappa shape index (κ3) is 3.82. The molecular formula is C17H23IO4. The van der Waals surface area contributed by atoms with Crippen molar-refractivity contribution < 1.29 is 18.9 Å². The highest BCUT2D eigenvalue weighted by atomic mass is 127. The Labute approximate surface area is 145 Å². The Morgan fingerprint density at radius 3 is 2.59 bits per heavy atom. The molecular weight excluding hydrogens is 395 g/mol. The fraction of sp³-hybridized carbons (Fsp3) is 0.647. The third-order valence-electron chi connectivity index (χ3n) is 3.78. The summed E-state index contributed by atoms with van der Waals surface area (Å²) >= 11 is 2.37. The summed E-state index contributed by atoms with van der Waals surface area (Å²) in [7, 11) is 0. The van der Waals surface area contributed by atoms with Crippen LogP contribution in [0.2, 0.25) is 0 Å². The summed E-state index contributed by atoms with van der Waals surface area (Å²) in [5, 5.41) is 0. The van der Waals surface area contributed by atoms with Crippen LogP contribution in [0.25, 0.3) is 0 Å². The van der Waals surface area contributed by atoms with E-state index in [2.05, 4.69) is 34.7 Å². The van der Waals surface area contributed by atoms with Crippen molar-refractivity contribution in [1.29, 1.82) is 0 Å². The van der Waals surface area contributed by atoms with Crippen molar-refractivity contribution >= 4 is 22.6 Å². The van der Waals surface area contributed by atoms with Gasteiger partial charge in [-0.25, -0.2) is 0 Å². The van der Waals surface area contributed by atoms with Gasteiger partial charge in [0.2, 0.25) is 0 Å². The highest BCUT2D eigenvalue weighted by molar-refractivity contribution is 14.1. The maximum Gasteiger partial charge on any atom is 0.173 e. The third-order valence-corrected chi connectivity index (χ3v) is 5.08. The van der Waals surface area contributed by atoms with E-state index in [1.54, 1.807) is 0 Å². The van der Waals surface area contributed by atoms with Gasteiger partial charge in [0, 0.05) is 0 Å². The van der Waals surface area contributed by atoms with Crippen LogP contribution in [0, 0.1) is 0 Å². The van der Waals surface area contributed by atoms with Crippen molar-refractivity contribution in [3.8, 4) is 0 Å². The Kier molecular flexibility index (Phi) is 5.09. The second kappa shape index (κ2) is 6.73. The van der Waals surface area contributed by atoms with Crippen LogP contribution in [0.1, 0.15) is 26.3 Å². The van der Waals surface area contributed by atoms with Crippen LogP contribution in [0.5, 0.6) is 0 Å². The second-order valence-electron chi connectivity index (χ2n) is 6.78. The van der Waals surface area contributed by atoms with Crippen LogP contribution >= 0.6 is 22.6 Å². The smallest absolute Gasteiger partial charge is 0.173 e. The predicted molar refractivity (Wildman–Crippen MR) is 92.1 cm³/mol. The van der Waals surface area contributed by atoms with Crippen LogP contribution in [-0.2, 0) is 25.6 Å². The van der Waals surface area contributed by atoms with E-state index in [1.807, 2.05) is 39.0 Å². The monoisotopic (exact) mass is 418 g/mol. The van der Waals surface area contributed by atoms with Gasteiger partial charge in [0.15, 0.2) is 6.29 Å². The number of rotatable bonds is 4. The normalized spacial score (nSPS) is 34.8. The highest BCUT2D eigenvalue weighted by Gasteiger charge is 2.53. The molecule has 122 valence electrons.